The van der Waals surface area contributed by atoms with Gasteiger partial charge in [-0.05, 0) is 5.92 Å². The van der Waals surface area contributed by atoms with Gasteiger partial charge in [0.25, 0.3) is 0 Å². The molecule has 1 saturated carbocycles. The van der Waals surface area contributed by atoms with E-state index in [1.165, 1.54) is 12.8 Å². The lowest BCUT2D eigenvalue weighted by atomic mass is 10.5. The van der Waals surface area contributed by atoms with Crippen molar-refractivity contribution in [3.63, 3.8) is 0 Å². The fourth-order valence-electron chi connectivity index (χ4n) is 0.167. The van der Waals surface area contributed by atoms with Gasteiger partial charge >= 0.3 is 0 Å². The summed E-state index contributed by atoms with van der Waals surface area (Å²) in [5.74, 6) is 1.08. The van der Waals surface area contributed by atoms with Crippen LogP contribution in [0.2, 0.25) is 0 Å². The van der Waals surface area contributed by atoms with Crippen LogP contribution in [-0.4, -0.2) is 0 Å². The third-order valence-electron chi connectivity index (χ3n) is 0.866. The molecule has 0 nitrogen and oxygen atoms in total. The van der Waals surface area contributed by atoms with E-state index in [9.17, 15) is 0 Å². The average Bonchev–Trinajstić information content (AvgIpc) is 3.76. The predicted molar refractivity (Wildman–Crippen MR) is 173 cm³/mol. The molecule has 214 valence electrons. The molecule has 0 heteroatoms. The fraction of sp³-hybridized carbons (Fsp3) is 1.00. The highest BCUT2D eigenvalue weighted by Crippen LogP contribution is 2.26. The minimum Gasteiger partial charge on any atom is -0.0776 e. The van der Waals surface area contributed by atoms with Crippen LogP contribution in [0.1, 0.15) is 207 Å². The second-order valence-corrected chi connectivity index (χ2v) is 1.68. The van der Waals surface area contributed by atoms with Crippen LogP contribution >= 0.6 is 0 Å². The highest BCUT2D eigenvalue weighted by atomic mass is 14.2. The van der Waals surface area contributed by atoms with Gasteiger partial charge in [0.15, 0.2) is 0 Å². The van der Waals surface area contributed by atoms with Gasteiger partial charge in [-0.3, -0.25) is 0 Å². The van der Waals surface area contributed by atoms with Gasteiger partial charge in [-0.15, -0.1) is 0 Å². The minimum atomic E-state index is 0. The topological polar surface area (TPSA) is 0 Å². The van der Waals surface area contributed by atoms with Gasteiger partial charge in [0.2, 0.25) is 0 Å². The highest BCUT2D eigenvalue weighted by molar-refractivity contribution is 4.65. The first-order chi connectivity index (χ1) is 14.9. The third-order valence-corrected chi connectivity index (χ3v) is 0.866. The minimum absolute atomic E-state index is 0. The summed E-state index contributed by atoms with van der Waals surface area (Å²) < 4.78 is 0. The Morgan fingerprint density at radius 1 is 0.258 bits per heavy atom. The zero-order chi connectivity index (χ0) is 29.0. The summed E-state index contributed by atoms with van der Waals surface area (Å²) in [5.41, 5.74) is 0. The molecule has 0 unspecified atom stereocenters. The lowest BCUT2D eigenvalue weighted by Gasteiger charge is -1.53. The molecule has 0 saturated heterocycles. The summed E-state index contributed by atoms with van der Waals surface area (Å²) in [5, 5.41) is 0. The molecule has 0 atom stereocenters. The number of rotatable bonds is 0. The Morgan fingerprint density at radius 3 is 0.290 bits per heavy atom. The third kappa shape index (κ3) is 2610. The van der Waals surface area contributed by atoms with Crippen LogP contribution in [0.3, 0.4) is 0 Å². The van der Waals surface area contributed by atoms with Crippen LogP contribution in [0.4, 0.5) is 0 Å². The van der Waals surface area contributed by atoms with Crippen molar-refractivity contribution in [3.8, 4) is 0 Å². The monoisotopic (exact) mass is 463 g/mol. The molecule has 0 N–H and O–H groups in total. The average molecular weight is 463 g/mol. The van der Waals surface area contributed by atoms with Crippen LogP contribution in [0.5, 0.6) is 0 Å². The van der Waals surface area contributed by atoms with Crippen LogP contribution in [0, 0.1) is 5.92 Å². The zero-order valence-electron chi connectivity index (χ0n) is 29.0. The van der Waals surface area contributed by atoms with Gasteiger partial charge in [-0.25, -0.2) is 0 Å². The number of hydrogen-bond acceptors (Lipinski definition) is 0. The maximum atomic E-state index is 2.28. The van der Waals surface area contributed by atoms with E-state index in [-0.39, 0.29) is 7.43 Å². The SMILES string of the molecule is C.CC.CC.CC.CC.CC.CC.CC.CC.CC.CC.CC.CC.CC.CC1CC1. The molecule has 0 bridgehead atoms. The Morgan fingerprint density at radius 2 is 0.290 bits per heavy atom. The van der Waals surface area contributed by atoms with Gasteiger partial charge in [-0.1, -0.05) is 207 Å². The molecule has 0 aromatic carbocycles. The second-order valence-electron chi connectivity index (χ2n) is 1.68. The largest absolute Gasteiger partial charge is 0.0776 e. The molecular formula is C31H90. The molecule has 0 aromatic heterocycles. The first-order valence-electron chi connectivity index (χ1n) is 14.9. The molecular weight excluding hydrogens is 372 g/mol. The molecule has 1 rings (SSSR count). The molecule has 0 aromatic rings. The maximum Gasteiger partial charge on any atom is -0.0443 e. The van der Waals surface area contributed by atoms with Crippen LogP contribution in [0.15, 0.2) is 0 Å². The van der Waals surface area contributed by atoms with Gasteiger partial charge in [-0.2, -0.15) is 0 Å². The highest BCUT2D eigenvalue weighted by Gasteiger charge is 2.12. The summed E-state index contributed by atoms with van der Waals surface area (Å²) in [4.78, 5) is 0. The Balaban J connectivity index is -0.00000000845. The molecule has 0 spiro atoms. The molecule has 0 amide bonds. The molecule has 31 heavy (non-hydrogen) atoms. The molecule has 1 fully saturated rings. The summed E-state index contributed by atoms with van der Waals surface area (Å²) in [7, 11) is 0. The van der Waals surface area contributed by atoms with Gasteiger partial charge in [0.05, 0.1) is 0 Å². The van der Waals surface area contributed by atoms with Gasteiger partial charge in [0.1, 0.15) is 0 Å². The molecule has 1 aliphatic rings. The standard InChI is InChI=1S/C4H8.13C2H6.CH4/c1-4-2-3-4;13*1-2;/h4H,2-3H2,1H3;13*1-2H3;1H4. The van der Waals surface area contributed by atoms with Crippen LogP contribution in [0.25, 0.3) is 0 Å². The van der Waals surface area contributed by atoms with Crippen molar-refractivity contribution in [1.29, 1.82) is 0 Å². The Labute approximate surface area is 213 Å². The van der Waals surface area contributed by atoms with Crippen molar-refractivity contribution in [1.82, 2.24) is 0 Å². The molecule has 0 radical (unpaired) electrons. The van der Waals surface area contributed by atoms with E-state index in [0.717, 1.165) is 5.92 Å². The first kappa shape index (κ1) is 96.5. The summed E-state index contributed by atoms with van der Waals surface area (Å²) in [6.07, 6.45) is 2.97. The van der Waals surface area contributed by atoms with Crippen molar-refractivity contribution >= 4 is 0 Å². The van der Waals surface area contributed by atoms with E-state index in [2.05, 4.69) is 6.92 Å². The van der Waals surface area contributed by atoms with E-state index < -0.39 is 0 Å². The smallest absolute Gasteiger partial charge is 0.0443 e. The molecule has 0 aliphatic heterocycles. The normalized spacial score (nSPS) is 5.90. The van der Waals surface area contributed by atoms with E-state index in [1.807, 2.05) is 180 Å². The molecule has 1 aliphatic carbocycles. The van der Waals surface area contributed by atoms with E-state index >= 15 is 0 Å². The predicted octanol–water partition coefficient (Wildman–Crippen LogP) is 15.4. The molecule has 0 heterocycles. The van der Waals surface area contributed by atoms with Gasteiger partial charge in [0, 0.05) is 0 Å². The lowest BCUT2D eigenvalue weighted by Crippen LogP contribution is -1.42. The summed E-state index contributed by atoms with van der Waals surface area (Å²) in [6, 6.07) is 0. The van der Waals surface area contributed by atoms with Crippen molar-refractivity contribution in [2.24, 2.45) is 5.92 Å². The quantitative estimate of drug-likeness (QED) is 0.335. The van der Waals surface area contributed by atoms with Crippen molar-refractivity contribution < 1.29 is 0 Å². The number of hydrogen-bond donors (Lipinski definition) is 0. The van der Waals surface area contributed by atoms with Gasteiger partial charge < -0.3 is 0 Å². The fourth-order valence-corrected chi connectivity index (χ4v) is 0.167. The van der Waals surface area contributed by atoms with E-state index in [1.54, 1.807) is 0 Å². The Kier molecular flexibility index (Phi) is 3140. The summed E-state index contributed by atoms with van der Waals surface area (Å²) >= 11 is 0. The van der Waals surface area contributed by atoms with Crippen molar-refractivity contribution in [3.05, 3.63) is 0 Å². The van der Waals surface area contributed by atoms with Crippen LogP contribution < -0.4 is 0 Å². The Bertz CT molecular complexity index is 19.2. The second kappa shape index (κ2) is 1010. The van der Waals surface area contributed by atoms with Crippen LogP contribution in [-0.2, 0) is 0 Å². The van der Waals surface area contributed by atoms with Crippen molar-refractivity contribution in [2.75, 3.05) is 0 Å². The Hall–Kier alpha value is 0. The first-order valence-corrected chi connectivity index (χ1v) is 14.9. The van der Waals surface area contributed by atoms with Crippen molar-refractivity contribution in [2.45, 2.75) is 207 Å². The van der Waals surface area contributed by atoms with E-state index in [0.29, 0.717) is 0 Å². The maximum absolute atomic E-state index is 2.28. The summed E-state index contributed by atoms with van der Waals surface area (Å²) in [6.45, 7) is 54.3. The zero-order valence-corrected chi connectivity index (χ0v) is 29.0. The van der Waals surface area contributed by atoms with E-state index in [4.69, 9.17) is 0 Å². The lowest BCUT2D eigenvalue weighted by molar-refractivity contribution is 0.983.